The van der Waals surface area contributed by atoms with Gasteiger partial charge >= 0.3 is 109 Å². The molecule has 2 N–H and O–H groups in total. The molecule has 0 unspecified atom stereocenters. The Kier molecular flexibility index (Phi) is 17.0. The van der Waals surface area contributed by atoms with E-state index < -0.39 is 12.7 Å². The van der Waals surface area contributed by atoms with Gasteiger partial charge in [0.15, 0.2) is 5.82 Å². The third kappa shape index (κ3) is 13.3. The molecule has 0 aliphatic carbocycles. The predicted octanol–water partition coefficient (Wildman–Crippen LogP) is -8.09. The molecule has 1 heterocycles. The maximum absolute atomic E-state index is 10.4. The summed E-state index contributed by atoms with van der Waals surface area (Å²) in [6.07, 6.45) is 1.19. The van der Waals surface area contributed by atoms with Crippen molar-refractivity contribution in [3.63, 3.8) is 0 Å². The van der Waals surface area contributed by atoms with Crippen LogP contribution in [0.3, 0.4) is 0 Å². The Bertz CT molecular complexity index is 426. The van der Waals surface area contributed by atoms with Crippen LogP contribution in [0.4, 0.5) is 5.82 Å². The summed E-state index contributed by atoms with van der Waals surface area (Å²) in [5.41, 5.74) is 0. The summed E-state index contributed by atoms with van der Waals surface area (Å²) in [5.74, 6) is 0.456. The fraction of sp³-hybridized carbons (Fsp3) is 0.500. The van der Waals surface area contributed by atoms with E-state index in [-0.39, 0.29) is 122 Å². The minimum atomic E-state index is -5.14. The molecule has 0 aromatic carbocycles. The summed E-state index contributed by atoms with van der Waals surface area (Å²) in [5, 5.41) is 19.0. The van der Waals surface area contributed by atoms with Gasteiger partial charge in [0.05, 0.1) is 14.4 Å². The quantitative estimate of drug-likeness (QED) is 0.236. The summed E-state index contributed by atoms with van der Waals surface area (Å²) in [7, 11) is -5.14. The number of nitrogens with zero attached hydrogens (tertiary/aromatic N) is 3. The van der Waals surface area contributed by atoms with Crippen LogP contribution in [0.2, 0.25) is 0 Å². The average molecular weight is 345 g/mol. The average Bonchev–Trinajstić information content (AvgIpc) is 2.46. The van der Waals surface area contributed by atoms with Crippen LogP contribution < -0.4 is 113 Å². The van der Waals surface area contributed by atoms with Gasteiger partial charge in [0.1, 0.15) is 12.7 Å². The van der Waals surface area contributed by atoms with E-state index in [2.05, 4.69) is 4.98 Å². The van der Waals surface area contributed by atoms with E-state index in [9.17, 15) is 10.1 Å². The van der Waals surface area contributed by atoms with E-state index in [1.165, 1.54) is 10.8 Å². The number of aliphatic hydroxyl groups is 1. The standard InChI is InChI=1S/C6H9N3O3.2K.H3O4P/c1-5-7-4-6(9(11)12)8(5)2-3-10;;;1-5(2,3)4/h4,10H,2-3H2,1H3;;;(H3,1,2,3,4)/q;2*+1;/p-2. The van der Waals surface area contributed by atoms with Gasteiger partial charge in [-0.3, -0.25) is 0 Å². The second-order valence-electron chi connectivity index (χ2n) is 2.76. The summed E-state index contributed by atoms with van der Waals surface area (Å²) < 4.78 is 10.0. The molecule has 1 aromatic rings. The van der Waals surface area contributed by atoms with Crippen molar-refractivity contribution in [2.45, 2.75) is 13.5 Å². The zero-order valence-electron chi connectivity index (χ0n) is 10.7. The van der Waals surface area contributed by atoms with Crippen LogP contribution in [0.5, 0.6) is 0 Å². The molecule has 13 heteroatoms. The smallest absolute Gasteiger partial charge is 0.790 e. The van der Waals surface area contributed by atoms with Crippen LogP contribution in [0.25, 0.3) is 0 Å². The Morgan fingerprint density at radius 1 is 1.47 bits per heavy atom. The molecule has 0 spiro atoms. The van der Waals surface area contributed by atoms with Gasteiger partial charge in [-0.05, 0) is 4.92 Å². The zero-order chi connectivity index (χ0) is 13.6. The van der Waals surface area contributed by atoms with Crippen molar-refractivity contribution in [3.05, 3.63) is 22.1 Å². The van der Waals surface area contributed by atoms with E-state index in [1.807, 2.05) is 0 Å². The first-order valence-electron chi connectivity index (χ1n) is 4.19. The molecule has 0 saturated carbocycles. The fourth-order valence-corrected chi connectivity index (χ4v) is 0.978. The Balaban J connectivity index is -0.000000320. The van der Waals surface area contributed by atoms with E-state index in [4.69, 9.17) is 24.4 Å². The van der Waals surface area contributed by atoms with Crippen LogP contribution in [-0.2, 0) is 11.1 Å². The normalized spacial score (nSPS) is 9.53. The molecule has 19 heavy (non-hydrogen) atoms. The number of hydrogen-bond donors (Lipinski definition) is 2. The third-order valence-corrected chi connectivity index (χ3v) is 1.54. The van der Waals surface area contributed by atoms with Gasteiger partial charge in [0.2, 0.25) is 0 Å². The van der Waals surface area contributed by atoms with E-state index in [0.29, 0.717) is 5.82 Å². The molecule has 0 bridgehead atoms. The van der Waals surface area contributed by atoms with Crippen LogP contribution in [0.1, 0.15) is 5.82 Å². The molecule has 0 atom stereocenters. The molecule has 0 fully saturated rings. The van der Waals surface area contributed by atoms with Gasteiger partial charge in [-0.15, -0.1) is 0 Å². The fourth-order valence-electron chi connectivity index (χ4n) is 0.978. The first kappa shape index (κ1) is 25.9. The molecule has 1 rings (SSSR count). The number of imidazole rings is 1. The Labute approximate surface area is 193 Å². The Morgan fingerprint density at radius 3 is 2.21 bits per heavy atom. The topological polar surface area (TPSA) is 165 Å². The molecule has 0 saturated heterocycles. The number of phosphoric acid groups is 1. The molecule has 1 aromatic heterocycles. The minimum absolute atomic E-state index is 0. The van der Waals surface area contributed by atoms with Crippen molar-refractivity contribution in [2.75, 3.05) is 6.61 Å². The zero-order valence-corrected chi connectivity index (χ0v) is 17.9. The molecular formula is C6H10K2N3O7P. The van der Waals surface area contributed by atoms with Crippen molar-refractivity contribution in [1.29, 1.82) is 0 Å². The van der Waals surface area contributed by atoms with Gasteiger partial charge in [0.25, 0.3) is 0 Å². The van der Waals surface area contributed by atoms with Crippen molar-refractivity contribution < 1.29 is 132 Å². The number of aryl methyl sites for hydroxylation is 1. The predicted molar refractivity (Wildman–Crippen MR) is 50.5 cm³/mol. The summed E-state index contributed by atoms with van der Waals surface area (Å²) in [6, 6.07) is 0. The maximum Gasteiger partial charge on any atom is 1.00 e. The molecule has 98 valence electrons. The van der Waals surface area contributed by atoms with Crippen LogP contribution >= 0.6 is 7.82 Å². The van der Waals surface area contributed by atoms with Crippen molar-refractivity contribution in [1.82, 2.24) is 9.55 Å². The summed E-state index contributed by atoms with van der Waals surface area (Å²) in [6.45, 7) is 1.74. The van der Waals surface area contributed by atoms with E-state index >= 15 is 0 Å². The van der Waals surface area contributed by atoms with Gasteiger partial charge in [-0.2, -0.15) is 0 Å². The van der Waals surface area contributed by atoms with Gasteiger partial charge in [-0.25, -0.2) is 9.55 Å². The van der Waals surface area contributed by atoms with Crippen molar-refractivity contribution >= 4 is 13.6 Å². The van der Waals surface area contributed by atoms with Gasteiger partial charge in [-0.1, -0.05) is 0 Å². The molecular weight excluding hydrogens is 335 g/mol. The van der Waals surface area contributed by atoms with Gasteiger partial charge in [0, 0.05) is 6.92 Å². The second-order valence-corrected chi connectivity index (χ2v) is 3.70. The number of hydrogen-bond acceptors (Lipinski definition) is 7. The van der Waals surface area contributed by atoms with E-state index in [0.717, 1.165) is 0 Å². The Hall–Kier alpha value is 1.95. The number of nitro groups is 1. The maximum atomic E-state index is 10.4. The largest absolute Gasteiger partial charge is 1.00 e. The van der Waals surface area contributed by atoms with Crippen molar-refractivity contribution in [3.8, 4) is 0 Å². The van der Waals surface area contributed by atoms with Crippen LogP contribution in [0.15, 0.2) is 6.20 Å². The monoisotopic (exact) mass is 345 g/mol. The second kappa shape index (κ2) is 12.5. The Morgan fingerprint density at radius 2 is 1.89 bits per heavy atom. The minimum Gasteiger partial charge on any atom is -0.790 e. The summed E-state index contributed by atoms with van der Waals surface area (Å²) >= 11 is 0. The molecule has 0 aliphatic rings. The molecule has 0 amide bonds. The summed E-state index contributed by atoms with van der Waals surface area (Å²) in [4.78, 5) is 37.9. The van der Waals surface area contributed by atoms with Crippen LogP contribution in [0, 0.1) is 17.0 Å². The molecule has 0 radical (unpaired) electrons. The SMILES string of the molecule is Cc1ncc([N+](=O)[O-])n1CCO.O=P([O-])([O-])O.[K+].[K+]. The molecule has 0 aliphatic heterocycles. The van der Waals surface area contributed by atoms with Gasteiger partial charge < -0.3 is 34.5 Å². The molecule has 10 nitrogen and oxygen atoms in total. The number of aromatic nitrogens is 2. The van der Waals surface area contributed by atoms with Crippen molar-refractivity contribution in [2.24, 2.45) is 0 Å². The number of rotatable bonds is 3. The first-order valence-corrected chi connectivity index (χ1v) is 5.68. The third-order valence-electron chi connectivity index (χ3n) is 1.54. The van der Waals surface area contributed by atoms with Crippen LogP contribution in [-0.4, -0.2) is 31.1 Å². The number of aliphatic hydroxyl groups excluding tert-OH is 1. The first-order chi connectivity index (χ1) is 7.66. The van der Waals surface area contributed by atoms with E-state index in [1.54, 1.807) is 6.92 Å².